The molecule has 4 rings (SSSR count). The maximum Gasteiger partial charge on any atom is 0.268 e. The van der Waals surface area contributed by atoms with Gasteiger partial charge in [-0.1, -0.05) is 44.2 Å². The van der Waals surface area contributed by atoms with Crippen LogP contribution in [0.4, 0.5) is 4.39 Å². The molecule has 1 aromatic heterocycles. The highest BCUT2D eigenvalue weighted by Gasteiger charge is 2.22. The van der Waals surface area contributed by atoms with E-state index in [0.29, 0.717) is 34.7 Å². The third kappa shape index (κ3) is 4.77. The van der Waals surface area contributed by atoms with Gasteiger partial charge >= 0.3 is 0 Å². The minimum atomic E-state index is -3.33. The quantitative estimate of drug-likeness (QED) is 0.620. The highest BCUT2D eigenvalue weighted by atomic mass is 32.2. The van der Waals surface area contributed by atoms with Crippen LogP contribution in [-0.2, 0) is 16.3 Å². The van der Waals surface area contributed by atoms with E-state index >= 15 is 0 Å². The van der Waals surface area contributed by atoms with Gasteiger partial charge in [-0.3, -0.25) is 4.79 Å². The number of aromatic amines is 1. The van der Waals surface area contributed by atoms with Crippen LogP contribution < -0.4 is 5.56 Å². The zero-order chi connectivity index (χ0) is 22.0. The first kappa shape index (κ1) is 21.4. The van der Waals surface area contributed by atoms with Crippen molar-refractivity contribution in [1.82, 2.24) is 10.2 Å². The molecule has 1 aliphatic carbocycles. The first-order valence-corrected chi connectivity index (χ1v) is 12.4. The maximum absolute atomic E-state index is 13.5. The predicted molar refractivity (Wildman–Crippen MR) is 119 cm³/mol. The van der Waals surface area contributed by atoms with Gasteiger partial charge in [0, 0.05) is 22.9 Å². The molecular formula is C24H25FN2O3S. The third-order valence-corrected chi connectivity index (χ3v) is 7.12. The minimum absolute atomic E-state index is 0.214. The highest BCUT2D eigenvalue weighted by molar-refractivity contribution is 7.90. The largest absolute Gasteiger partial charge is 0.268 e. The number of hydrogen-bond acceptors (Lipinski definition) is 4. The van der Waals surface area contributed by atoms with E-state index < -0.39 is 9.84 Å². The number of hydrogen-bond donors (Lipinski definition) is 1. The standard InChI is InChI=1S/C24H25FN2O3S/c1-31(29,30)20-13-9-17(10-14-20)22-21(15-16-5-3-2-4-6-16)24(28)27-26-23(22)18-7-11-19(25)12-8-18/h7-14,16H,2-6,15H2,1H3,(H,27,28). The van der Waals surface area contributed by atoms with Gasteiger partial charge in [0.15, 0.2) is 9.84 Å². The Morgan fingerprint density at radius 2 is 1.58 bits per heavy atom. The molecule has 5 nitrogen and oxygen atoms in total. The van der Waals surface area contributed by atoms with E-state index in [2.05, 4.69) is 10.2 Å². The lowest BCUT2D eigenvalue weighted by atomic mass is 9.83. The molecular weight excluding hydrogens is 415 g/mol. The Labute approximate surface area is 181 Å². The summed E-state index contributed by atoms with van der Waals surface area (Å²) < 4.78 is 37.3. The van der Waals surface area contributed by atoms with Gasteiger partial charge in [-0.05, 0) is 54.3 Å². The van der Waals surface area contributed by atoms with Crippen LogP contribution in [0.3, 0.4) is 0 Å². The lowest BCUT2D eigenvalue weighted by Crippen LogP contribution is -2.21. The van der Waals surface area contributed by atoms with Crippen molar-refractivity contribution in [3.05, 3.63) is 70.3 Å². The summed E-state index contributed by atoms with van der Waals surface area (Å²) in [6.07, 6.45) is 7.52. The van der Waals surface area contributed by atoms with E-state index in [4.69, 9.17) is 0 Å². The zero-order valence-corrected chi connectivity index (χ0v) is 18.2. The van der Waals surface area contributed by atoms with Crippen LogP contribution in [0.2, 0.25) is 0 Å². The fourth-order valence-electron chi connectivity index (χ4n) is 4.36. The van der Waals surface area contributed by atoms with Gasteiger partial charge in [0.05, 0.1) is 10.6 Å². The van der Waals surface area contributed by atoms with Gasteiger partial charge in [-0.15, -0.1) is 0 Å². The molecule has 1 heterocycles. The molecule has 0 saturated heterocycles. The summed E-state index contributed by atoms with van der Waals surface area (Å²) in [6.45, 7) is 0. The SMILES string of the molecule is CS(=O)(=O)c1ccc(-c2c(-c3ccc(F)cc3)n[nH]c(=O)c2CC2CCCCC2)cc1. The van der Waals surface area contributed by atoms with Gasteiger partial charge in [-0.25, -0.2) is 17.9 Å². The molecule has 162 valence electrons. The average Bonchev–Trinajstić information content (AvgIpc) is 2.76. The summed E-state index contributed by atoms with van der Waals surface area (Å²) in [6, 6.07) is 12.5. The Morgan fingerprint density at radius 3 is 2.19 bits per heavy atom. The second-order valence-corrected chi connectivity index (χ2v) is 10.3. The fourth-order valence-corrected chi connectivity index (χ4v) is 4.99. The molecule has 0 bridgehead atoms. The van der Waals surface area contributed by atoms with Crippen molar-refractivity contribution in [3.63, 3.8) is 0 Å². The minimum Gasteiger partial charge on any atom is -0.268 e. The number of H-pyrrole nitrogens is 1. The van der Waals surface area contributed by atoms with Crippen LogP contribution in [0.15, 0.2) is 58.2 Å². The number of rotatable bonds is 5. The lowest BCUT2D eigenvalue weighted by molar-refractivity contribution is 0.356. The summed E-state index contributed by atoms with van der Waals surface area (Å²) in [5.74, 6) is 0.0713. The molecule has 31 heavy (non-hydrogen) atoms. The number of aromatic nitrogens is 2. The fraction of sp³-hybridized carbons (Fsp3) is 0.333. The second-order valence-electron chi connectivity index (χ2n) is 8.27. The van der Waals surface area contributed by atoms with Crippen LogP contribution in [0, 0.1) is 11.7 Å². The molecule has 0 unspecified atom stereocenters. The summed E-state index contributed by atoms with van der Waals surface area (Å²) in [5.41, 5.74) is 3.05. The van der Waals surface area contributed by atoms with Crippen LogP contribution in [0.1, 0.15) is 37.7 Å². The summed E-state index contributed by atoms with van der Waals surface area (Å²) in [5, 5.41) is 6.92. The Bertz CT molecular complexity index is 1230. The average molecular weight is 441 g/mol. The summed E-state index contributed by atoms with van der Waals surface area (Å²) in [7, 11) is -3.33. The lowest BCUT2D eigenvalue weighted by Gasteiger charge is -2.23. The van der Waals surface area contributed by atoms with Gasteiger partial charge in [0.2, 0.25) is 0 Å². The monoisotopic (exact) mass is 440 g/mol. The van der Waals surface area contributed by atoms with Gasteiger partial charge < -0.3 is 0 Å². The van der Waals surface area contributed by atoms with Crippen molar-refractivity contribution < 1.29 is 12.8 Å². The van der Waals surface area contributed by atoms with Crippen molar-refractivity contribution in [1.29, 1.82) is 0 Å². The molecule has 0 radical (unpaired) electrons. The predicted octanol–water partition coefficient (Wildman–Crippen LogP) is 4.77. The Hall–Kier alpha value is -2.80. The van der Waals surface area contributed by atoms with Crippen LogP contribution in [-0.4, -0.2) is 24.9 Å². The van der Waals surface area contributed by atoms with Gasteiger partial charge in [0.25, 0.3) is 5.56 Å². The first-order valence-electron chi connectivity index (χ1n) is 10.5. The number of sulfone groups is 1. The summed E-state index contributed by atoms with van der Waals surface area (Å²) >= 11 is 0. The van der Waals surface area contributed by atoms with Crippen LogP contribution in [0.5, 0.6) is 0 Å². The van der Waals surface area contributed by atoms with E-state index in [1.807, 2.05) is 0 Å². The molecule has 0 spiro atoms. The van der Waals surface area contributed by atoms with E-state index in [1.165, 1.54) is 18.6 Å². The number of halogens is 1. The Balaban J connectivity index is 1.88. The molecule has 3 aromatic rings. The first-order chi connectivity index (χ1) is 14.8. The zero-order valence-electron chi connectivity index (χ0n) is 17.4. The number of benzene rings is 2. The van der Waals surface area contributed by atoms with E-state index in [0.717, 1.165) is 37.5 Å². The van der Waals surface area contributed by atoms with Crippen molar-refractivity contribution >= 4 is 9.84 Å². The van der Waals surface area contributed by atoms with E-state index in [9.17, 15) is 17.6 Å². The molecule has 1 fully saturated rings. The molecule has 1 aliphatic rings. The molecule has 1 N–H and O–H groups in total. The number of nitrogens with one attached hydrogen (secondary N) is 1. The normalized spacial score (nSPS) is 15.2. The van der Waals surface area contributed by atoms with Crippen molar-refractivity contribution in [2.75, 3.05) is 6.26 Å². The number of nitrogens with zero attached hydrogens (tertiary/aromatic N) is 1. The molecule has 0 amide bonds. The molecule has 1 saturated carbocycles. The van der Waals surface area contributed by atoms with Gasteiger partial charge in [-0.2, -0.15) is 5.10 Å². The smallest absolute Gasteiger partial charge is 0.268 e. The second kappa shape index (κ2) is 8.75. The molecule has 7 heteroatoms. The van der Waals surface area contributed by atoms with Crippen molar-refractivity contribution in [3.8, 4) is 22.4 Å². The third-order valence-electron chi connectivity index (χ3n) is 5.99. The molecule has 0 atom stereocenters. The van der Waals surface area contributed by atoms with Crippen LogP contribution in [0.25, 0.3) is 22.4 Å². The highest BCUT2D eigenvalue weighted by Crippen LogP contribution is 2.35. The van der Waals surface area contributed by atoms with Crippen molar-refractivity contribution in [2.45, 2.75) is 43.4 Å². The summed E-state index contributed by atoms with van der Waals surface area (Å²) in [4.78, 5) is 13.1. The van der Waals surface area contributed by atoms with Crippen molar-refractivity contribution in [2.24, 2.45) is 5.92 Å². The Kier molecular flexibility index (Phi) is 6.05. The Morgan fingerprint density at radius 1 is 0.968 bits per heavy atom. The van der Waals surface area contributed by atoms with Crippen LogP contribution >= 0.6 is 0 Å². The maximum atomic E-state index is 13.5. The molecule has 0 aliphatic heterocycles. The van der Waals surface area contributed by atoms with Gasteiger partial charge in [0.1, 0.15) is 5.82 Å². The molecule has 2 aromatic carbocycles. The topological polar surface area (TPSA) is 79.9 Å². The van der Waals surface area contributed by atoms with E-state index in [1.54, 1.807) is 36.4 Å². The van der Waals surface area contributed by atoms with E-state index in [-0.39, 0.29) is 16.3 Å².